The summed E-state index contributed by atoms with van der Waals surface area (Å²) in [7, 11) is 0. The first-order valence-corrected chi connectivity index (χ1v) is 30.2. The molecule has 0 saturated heterocycles. The van der Waals surface area contributed by atoms with E-state index in [1.807, 2.05) is 0 Å². The molecule has 80 heavy (non-hydrogen) atoms. The molecule has 0 amide bonds. The second kappa shape index (κ2) is 20.1. The lowest BCUT2D eigenvalue weighted by Gasteiger charge is -2.34. The van der Waals surface area contributed by atoms with E-state index in [1.54, 1.807) is 5.56 Å². The van der Waals surface area contributed by atoms with E-state index in [2.05, 4.69) is 248 Å². The van der Waals surface area contributed by atoms with Crippen molar-refractivity contribution in [2.45, 2.75) is 128 Å². The van der Waals surface area contributed by atoms with Gasteiger partial charge in [0.25, 0.3) is 0 Å². The predicted molar refractivity (Wildman–Crippen MR) is 340 cm³/mol. The molecule has 0 heterocycles. The standard InChI is InChI=1S/C80H74/c1-51-25-13-16-36-59(51)78-75(58-34-24-35-58)69(64-41-21-18-38-61(64)56-30-11-8-12-31-56)50-73-77(78)67-46-44-54(48-71(67)80(73,5)6)27-15-14-26-53-43-45-66-70(47-53)79(3,4)72-49-68(63-40-20-17-37-60(63)55-28-9-7-10-29-55)52(2)74(76(66)72)65-42-22-19-39-62(65)57-32-23-33-57/h7-13,16-22,25,28-31,36-50,57-58H,14-15,23-24,26-27,32-35H2,1-6H3. The summed E-state index contributed by atoms with van der Waals surface area (Å²) in [5.41, 5.74) is 36.3. The molecule has 0 N–H and O–H groups in total. The summed E-state index contributed by atoms with van der Waals surface area (Å²) >= 11 is 0. The Kier molecular flexibility index (Phi) is 12.7. The molecule has 394 valence electrons. The molecule has 0 bridgehead atoms. The van der Waals surface area contributed by atoms with Gasteiger partial charge in [-0.15, -0.1) is 0 Å². The number of hydrogen-bond donors (Lipinski definition) is 0. The van der Waals surface area contributed by atoms with Gasteiger partial charge in [-0.3, -0.25) is 0 Å². The van der Waals surface area contributed by atoms with Crippen LogP contribution in [0.1, 0.15) is 147 Å². The maximum absolute atomic E-state index is 2.64. The molecule has 0 aliphatic heterocycles. The molecule has 4 aliphatic carbocycles. The van der Waals surface area contributed by atoms with E-state index in [1.165, 1.54) is 178 Å². The Morgan fingerprint density at radius 3 is 1.29 bits per heavy atom. The van der Waals surface area contributed by atoms with Crippen molar-refractivity contribution >= 4 is 0 Å². The topological polar surface area (TPSA) is 0 Å². The van der Waals surface area contributed by atoms with E-state index < -0.39 is 0 Å². The number of rotatable bonds is 13. The lowest BCUT2D eigenvalue weighted by molar-refractivity contribution is 0.420. The van der Waals surface area contributed by atoms with Crippen molar-refractivity contribution in [2.75, 3.05) is 0 Å². The van der Waals surface area contributed by atoms with Gasteiger partial charge >= 0.3 is 0 Å². The van der Waals surface area contributed by atoms with Crippen LogP contribution >= 0.6 is 0 Å². The van der Waals surface area contributed by atoms with Crippen molar-refractivity contribution in [1.29, 1.82) is 0 Å². The molecule has 10 aromatic carbocycles. The summed E-state index contributed by atoms with van der Waals surface area (Å²) in [6, 6.07) is 79.2. The molecule has 0 heteroatoms. The van der Waals surface area contributed by atoms with Crippen LogP contribution < -0.4 is 0 Å². The number of fused-ring (bicyclic) bond motifs is 6. The molecule has 4 aliphatic rings. The Morgan fingerprint density at radius 1 is 0.338 bits per heavy atom. The third kappa shape index (κ3) is 8.30. The molecule has 0 nitrogen and oxygen atoms in total. The summed E-state index contributed by atoms with van der Waals surface area (Å²) in [6.45, 7) is 14.7. The van der Waals surface area contributed by atoms with Gasteiger partial charge < -0.3 is 0 Å². The van der Waals surface area contributed by atoms with Crippen molar-refractivity contribution < 1.29 is 0 Å². The minimum atomic E-state index is -0.163. The quantitative estimate of drug-likeness (QED) is 0.101. The van der Waals surface area contributed by atoms with E-state index in [-0.39, 0.29) is 10.8 Å². The van der Waals surface area contributed by atoms with E-state index >= 15 is 0 Å². The highest BCUT2D eigenvalue weighted by Crippen LogP contribution is 2.60. The van der Waals surface area contributed by atoms with Gasteiger partial charge in [-0.25, -0.2) is 0 Å². The summed E-state index contributed by atoms with van der Waals surface area (Å²) in [5, 5.41) is 0. The largest absolute Gasteiger partial charge is 0.0622 e. The molecule has 10 aromatic rings. The first-order valence-electron chi connectivity index (χ1n) is 30.2. The van der Waals surface area contributed by atoms with E-state index in [4.69, 9.17) is 0 Å². The first kappa shape index (κ1) is 50.4. The minimum absolute atomic E-state index is 0.161. The average molecular weight is 1040 g/mol. The van der Waals surface area contributed by atoms with Crippen LogP contribution in [0.4, 0.5) is 0 Å². The second-order valence-corrected chi connectivity index (χ2v) is 25.2. The van der Waals surface area contributed by atoms with Crippen LogP contribution in [-0.2, 0) is 23.7 Å². The Labute approximate surface area is 476 Å². The van der Waals surface area contributed by atoms with Gasteiger partial charge in [0.05, 0.1) is 0 Å². The summed E-state index contributed by atoms with van der Waals surface area (Å²) in [5.74, 6) is 1.16. The summed E-state index contributed by atoms with van der Waals surface area (Å²) in [4.78, 5) is 0. The number of aryl methyl sites for hydroxylation is 3. The number of benzene rings is 10. The van der Waals surface area contributed by atoms with Crippen LogP contribution in [0.2, 0.25) is 0 Å². The van der Waals surface area contributed by atoms with Crippen molar-refractivity contribution in [1.82, 2.24) is 0 Å². The van der Waals surface area contributed by atoms with E-state index in [0.717, 1.165) is 25.7 Å². The Hall–Kier alpha value is -7.80. The molecule has 14 rings (SSSR count). The highest BCUT2D eigenvalue weighted by atomic mass is 14.5. The van der Waals surface area contributed by atoms with Crippen molar-refractivity contribution in [3.05, 3.63) is 262 Å². The van der Waals surface area contributed by atoms with Crippen LogP contribution in [0.25, 0.3) is 89.0 Å². The maximum Gasteiger partial charge on any atom is 0.0159 e. The fourth-order valence-corrected chi connectivity index (χ4v) is 15.0. The number of hydrogen-bond acceptors (Lipinski definition) is 0. The van der Waals surface area contributed by atoms with Gasteiger partial charge in [-0.2, -0.15) is 0 Å². The van der Waals surface area contributed by atoms with Gasteiger partial charge in [0.1, 0.15) is 0 Å². The fourth-order valence-electron chi connectivity index (χ4n) is 15.0. The molecule has 0 spiro atoms. The van der Waals surface area contributed by atoms with Gasteiger partial charge in [0, 0.05) is 10.8 Å². The number of unbranched alkanes of at least 4 members (excludes halogenated alkanes) is 1. The molecular formula is C80H74. The molecule has 2 fully saturated rings. The smallest absolute Gasteiger partial charge is 0.0159 e. The van der Waals surface area contributed by atoms with Crippen LogP contribution in [-0.4, -0.2) is 0 Å². The first-order chi connectivity index (χ1) is 39.1. The van der Waals surface area contributed by atoms with Crippen LogP contribution in [0, 0.1) is 13.8 Å². The second-order valence-electron chi connectivity index (χ2n) is 25.2. The van der Waals surface area contributed by atoms with Crippen molar-refractivity contribution in [3.63, 3.8) is 0 Å². The molecule has 0 atom stereocenters. The van der Waals surface area contributed by atoms with Gasteiger partial charge in [0.2, 0.25) is 0 Å². The zero-order valence-corrected chi connectivity index (χ0v) is 47.9. The van der Waals surface area contributed by atoms with E-state index in [9.17, 15) is 0 Å². The Bertz CT molecular complexity index is 4020. The van der Waals surface area contributed by atoms with Gasteiger partial charge in [-0.05, 0) is 234 Å². The molecule has 0 radical (unpaired) electrons. The minimum Gasteiger partial charge on any atom is -0.0622 e. The fraction of sp³-hybridized carbons (Fsp3) is 0.250. The monoisotopic (exact) mass is 1030 g/mol. The Morgan fingerprint density at radius 2 is 0.775 bits per heavy atom. The van der Waals surface area contributed by atoms with Gasteiger partial charge in [0.15, 0.2) is 0 Å². The summed E-state index contributed by atoms with van der Waals surface area (Å²) in [6.07, 6.45) is 12.1. The molecule has 2 saturated carbocycles. The average Bonchev–Trinajstić information content (AvgIpc) is 2.94. The van der Waals surface area contributed by atoms with Crippen molar-refractivity contribution in [3.8, 4) is 89.0 Å². The third-order valence-corrected chi connectivity index (χ3v) is 19.8. The molecular weight excluding hydrogens is 961 g/mol. The highest BCUT2D eigenvalue weighted by molar-refractivity contribution is 6.02. The van der Waals surface area contributed by atoms with Crippen LogP contribution in [0.15, 0.2) is 206 Å². The van der Waals surface area contributed by atoms with E-state index in [0.29, 0.717) is 11.8 Å². The molecule has 0 unspecified atom stereocenters. The third-order valence-electron chi connectivity index (χ3n) is 19.8. The van der Waals surface area contributed by atoms with Crippen molar-refractivity contribution in [2.24, 2.45) is 0 Å². The lowest BCUT2D eigenvalue weighted by atomic mass is 9.70. The zero-order valence-electron chi connectivity index (χ0n) is 47.9. The lowest BCUT2D eigenvalue weighted by Crippen LogP contribution is -2.17. The Balaban J connectivity index is 0.786. The normalized spacial score (nSPS) is 15.6. The maximum atomic E-state index is 2.64. The summed E-state index contributed by atoms with van der Waals surface area (Å²) < 4.78 is 0. The molecule has 0 aromatic heterocycles. The van der Waals surface area contributed by atoms with Crippen LogP contribution in [0.5, 0.6) is 0 Å². The highest BCUT2D eigenvalue weighted by Gasteiger charge is 2.42. The van der Waals surface area contributed by atoms with Crippen LogP contribution in [0.3, 0.4) is 0 Å². The SMILES string of the molecule is Cc1ccccc1-c1c2c(cc(-c3ccccc3-c3ccccc3)c1C1CCC1)C(C)(C)c1cc(CCCCc3ccc4c(c3)C(C)(C)c3cc(-c5ccccc5-c5ccccc5)c(C)c(-c5ccccc5C5CCC5)c3-4)ccc1-2. The zero-order chi connectivity index (χ0) is 54.3. The predicted octanol–water partition coefficient (Wildman–Crippen LogP) is 22.0. The van der Waals surface area contributed by atoms with Gasteiger partial charge in [-0.1, -0.05) is 235 Å².